The summed E-state index contributed by atoms with van der Waals surface area (Å²) in [5.41, 5.74) is 0.424. The molecule has 0 spiro atoms. The van der Waals surface area contributed by atoms with Crippen LogP contribution in [0, 0.1) is 0 Å². The van der Waals surface area contributed by atoms with E-state index in [4.69, 9.17) is 4.74 Å². The average molecular weight is 342 g/mol. The highest BCUT2D eigenvalue weighted by Crippen LogP contribution is 2.32. The van der Waals surface area contributed by atoms with Crippen molar-refractivity contribution >= 4 is 26.5 Å². The van der Waals surface area contributed by atoms with Gasteiger partial charge < -0.3 is 4.74 Å². The zero-order chi connectivity index (χ0) is 17.0. The summed E-state index contributed by atoms with van der Waals surface area (Å²) >= 11 is 0. The van der Waals surface area contributed by atoms with Gasteiger partial charge in [0.05, 0.1) is 23.4 Å². The molecule has 0 atom stereocenters. The molecule has 0 bridgehead atoms. The minimum Gasteiger partial charge on any atom is -0.493 e. The van der Waals surface area contributed by atoms with Gasteiger partial charge >= 0.3 is 0 Å². The number of hydrogen-bond acceptors (Lipinski definition) is 4. The summed E-state index contributed by atoms with van der Waals surface area (Å²) < 4.78 is 33.8. The second-order valence-corrected chi connectivity index (χ2v) is 6.95. The third-order valence-electron chi connectivity index (χ3n) is 3.51. The Morgan fingerprint density at radius 1 is 1.04 bits per heavy atom. The van der Waals surface area contributed by atoms with E-state index in [1.165, 1.54) is 6.20 Å². The first-order chi connectivity index (χ1) is 11.6. The molecule has 0 aliphatic rings. The quantitative estimate of drug-likeness (QED) is 0.739. The van der Waals surface area contributed by atoms with E-state index in [0.29, 0.717) is 23.4 Å². The fourth-order valence-electron chi connectivity index (χ4n) is 2.45. The molecule has 0 saturated carbocycles. The Morgan fingerprint density at radius 3 is 2.54 bits per heavy atom. The van der Waals surface area contributed by atoms with E-state index in [-0.39, 0.29) is 4.90 Å². The Labute approximate surface area is 141 Å². The van der Waals surface area contributed by atoms with Crippen LogP contribution in [0.5, 0.6) is 5.75 Å². The molecule has 6 heteroatoms. The molecule has 0 saturated heterocycles. The number of ether oxygens (including phenoxy) is 1. The molecule has 3 rings (SSSR count). The van der Waals surface area contributed by atoms with Crippen LogP contribution in [0.3, 0.4) is 0 Å². The fraction of sp³-hybridized carbons (Fsp3) is 0.167. The molecule has 3 aromatic rings. The molecule has 0 radical (unpaired) electrons. The Kier molecular flexibility index (Phi) is 4.66. The highest BCUT2D eigenvalue weighted by Gasteiger charge is 2.19. The number of benzene rings is 2. The molecule has 0 aliphatic carbocycles. The Morgan fingerprint density at radius 2 is 1.83 bits per heavy atom. The Balaban J connectivity index is 2.06. The first kappa shape index (κ1) is 16.3. The third-order valence-corrected chi connectivity index (χ3v) is 4.95. The molecule has 1 aromatic heterocycles. The lowest BCUT2D eigenvalue weighted by Gasteiger charge is -2.13. The van der Waals surface area contributed by atoms with Crippen LogP contribution in [-0.2, 0) is 10.0 Å². The minimum atomic E-state index is -3.72. The first-order valence-electron chi connectivity index (χ1n) is 7.69. The van der Waals surface area contributed by atoms with E-state index in [1.807, 2.05) is 25.1 Å². The standard InChI is InChI=1S/C18H18N2O3S/c1-2-12-23-17-9-10-18(16-8-4-3-7-15(16)17)24(21,22)20-14-6-5-11-19-13-14/h3-11,13,20H,2,12H2,1H3. The number of nitrogens with zero attached hydrogens (tertiary/aromatic N) is 1. The van der Waals surface area contributed by atoms with Crippen LogP contribution < -0.4 is 9.46 Å². The van der Waals surface area contributed by atoms with Gasteiger partial charge in [-0.2, -0.15) is 0 Å². The van der Waals surface area contributed by atoms with Crippen LogP contribution in [-0.4, -0.2) is 20.0 Å². The number of nitrogens with one attached hydrogen (secondary N) is 1. The summed E-state index contributed by atoms with van der Waals surface area (Å²) in [4.78, 5) is 4.14. The van der Waals surface area contributed by atoms with Crippen LogP contribution in [0.4, 0.5) is 5.69 Å². The molecule has 24 heavy (non-hydrogen) atoms. The van der Waals surface area contributed by atoms with Gasteiger partial charge in [0.25, 0.3) is 10.0 Å². The highest BCUT2D eigenvalue weighted by molar-refractivity contribution is 7.93. The van der Waals surface area contributed by atoms with Crippen molar-refractivity contribution < 1.29 is 13.2 Å². The van der Waals surface area contributed by atoms with Crippen molar-refractivity contribution in [3.05, 3.63) is 60.9 Å². The van der Waals surface area contributed by atoms with Crippen molar-refractivity contribution in [1.82, 2.24) is 4.98 Å². The van der Waals surface area contributed by atoms with Crippen molar-refractivity contribution in [2.24, 2.45) is 0 Å². The van der Waals surface area contributed by atoms with Crippen LogP contribution in [0.25, 0.3) is 10.8 Å². The molecule has 2 aromatic carbocycles. The van der Waals surface area contributed by atoms with Gasteiger partial charge in [-0.25, -0.2) is 8.42 Å². The summed E-state index contributed by atoms with van der Waals surface area (Å²) in [5, 5.41) is 1.41. The first-order valence-corrected chi connectivity index (χ1v) is 9.17. The zero-order valence-electron chi connectivity index (χ0n) is 13.3. The van der Waals surface area contributed by atoms with Crippen LogP contribution in [0.2, 0.25) is 0 Å². The fourth-order valence-corrected chi connectivity index (χ4v) is 3.70. The second-order valence-electron chi connectivity index (χ2n) is 5.30. The lowest BCUT2D eigenvalue weighted by atomic mass is 10.1. The number of hydrogen-bond donors (Lipinski definition) is 1. The third kappa shape index (κ3) is 3.33. The van der Waals surface area contributed by atoms with Crippen molar-refractivity contribution in [3.63, 3.8) is 0 Å². The van der Waals surface area contributed by atoms with Gasteiger partial charge in [-0.1, -0.05) is 31.2 Å². The van der Waals surface area contributed by atoms with Crippen molar-refractivity contribution in [3.8, 4) is 5.75 Å². The van der Waals surface area contributed by atoms with Crippen molar-refractivity contribution in [2.75, 3.05) is 11.3 Å². The number of fused-ring (bicyclic) bond motifs is 1. The van der Waals surface area contributed by atoms with Crippen molar-refractivity contribution in [1.29, 1.82) is 0 Å². The summed E-state index contributed by atoms with van der Waals surface area (Å²) in [6.45, 7) is 2.61. The lowest BCUT2D eigenvalue weighted by molar-refractivity contribution is 0.321. The summed E-state index contributed by atoms with van der Waals surface area (Å²) in [7, 11) is -3.72. The largest absolute Gasteiger partial charge is 0.493 e. The normalized spacial score (nSPS) is 11.4. The molecule has 0 amide bonds. The van der Waals surface area contributed by atoms with Crippen LogP contribution in [0.15, 0.2) is 65.8 Å². The van der Waals surface area contributed by atoms with Gasteiger partial charge in [0.15, 0.2) is 0 Å². The lowest BCUT2D eigenvalue weighted by Crippen LogP contribution is -2.13. The zero-order valence-corrected chi connectivity index (χ0v) is 14.1. The maximum absolute atomic E-state index is 12.8. The molecule has 1 N–H and O–H groups in total. The number of pyridine rings is 1. The smallest absolute Gasteiger partial charge is 0.262 e. The number of aromatic nitrogens is 1. The summed E-state index contributed by atoms with van der Waals surface area (Å²) in [5.74, 6) is 0.688. The molecule has 124 valence electrons. The predicted octanol–water partition coefficient (Wildman–Crippen LogP) is 3.82. The molecular formula is C18H18N2O3S. The van der Waals surface area contributed by atoms with Gasteiger partial charge in [-0.15, -0.1) is 0 Å². The van der Waals surface area contributed by atoms with Gasteiger partial charge in [0, 0.05) is 17.0 Å². The van der Waals surface area contributed by atoms with Gasteiger partial charge in [-0.3, -0.25) is 9.71 Å². The van der Waals surface area contributed by atoms with Crippen LogP contribution in [0.1, 0.15) is 13.3 Å². The number of sulfonamides is 1. The second kappa shape index (κ2) is 6.88. The van der Waals surface area contributed by atoms with Crippen molar-refractivity contribution in [2.45, 2.75) is 18.2 Å². The Bertz CT molecular complexity index is 941. The monoisotopic (exact) mass is 342 g/mol. The molecule has 0 fully saturated rings. The van der Waals surface area contributed by atoms with E-state index in [1.54, 1.807) is 36.5 Å². The van der Waals surface area contributed by atoms with E-state index >= 15 is 0 Å². The SMILES string of the molecule is CCCOc1ccc(S(=O)(=O)Nc2cccnc2)c2ccccc12. The molecule has 0 aliphatic heterocycles. The molecule has 5 nitrogen and oxygen atoms in total. The van der Waals surface area contributed by atoms with E-state index in [0.717, 1.165) is 11.8 Å². The molecular weight excluding hydrogens is 324 g/mol. The summed E-state index contributed by atoms with van der Waals surface area (Å²) in [6.07, 6.45) is 3.95. The minimum absolute atomic E-state index is 0.214. The topological polar surface area (TPSA) is 68.3 Å². The average Bonchev–Trinajstić information content (AvgIpc) is 2.60. The molecule has 1 heterocycles. The predicted molar refractivity (Wildman–Crippen MR) is 94.8 cm³/mol. The number of rotatable bonds is 6. The van der Waals surface area contributed by atoms with E-state index < -0.39 is 10.0 Å². The number of anilines is 1. The van der Waals surface area contributed by atoms with Gasteiger partial charge in [0.2, 0.25) is 0 Å². The summed E-state index contributed by atoms with van der Waals surface area (Å²) in [6, 6.07) is 13.9. The van der Waals surface area contributed by atoms with E-state index in [2.05, 4.69) is 9.71 Å². The van der Waals surface area contributed by atoms with Gasteiger partial charge in [-0.05, 0) is 30.7 Å². The highest BCUT2D eigenvalue weighted by atomic mass is 32.2. The maximum atomic E-state index is 12.8. The molecule has 0 unspecified atom stereocenters. The van der Waals surface area contributed by atoms with Gasteiger partial charge in [0.1, 0.15) is 5.75 Å². The van der Waals surface area contributed by atoms with E-state index in [9.17, 15) is 8.42 Å². The Hall–Kier alpha value is -2.60. The van der Waals surface area contributed by atoms with Crippen LogP contribution >= 0.6 is 0 Å². The maximum Gasteiger partial charge on any atom is 0.262 e.